The minimum Gasteiger partial charge on any atom is -0.489 e. The fraction of sp³-hybridized carbons (Fsp3) is 0.455. The van der Waals surface area contributed by atoms with Gasteiger partial charge in [-0.25, -0.2) is 0 Å². The summed E-state index contributed by atoms with van der Waals surface area (Å²) in [4.78, 5) is 0. The van der Waals surface area contributed by atoms with Crippen molar-refractivity contribution in [2.75, 3.05) is 7.05 Å². The van der Waals surface area contributed by atoms with Gasteiger partial charge in [0.2, 0.25) is 0 Å². The summed E-state index contributed by atoms with van der Waals surface area (Å²) in [7, 11) is 1.92. The first-order chi connectivity index (χ1) is 6.63. The Kier molecular flexibility index (Phi) is 4.23. The molecule has 2 unspecified atom stereocenters. The van der Waals surface area contributed by atoms with Crippen LogP contribution in [0.4, 0.5) is 0 Å². The molecule has 0 saturated heterocycles. The molecular formula is C11H16ClNO. The van der Waals surface area contributed by atoms with Gasteiger partial charge in [-0.2, -0.15) is 0 Å². The van der Waals surface area contributed by atoms with Crippen LogP contribution in [0.3, 0.4) is 0 Å². The molecule has 1 aromatic rings. The van der Waals surface area contributed by atoms with Crippen LogP contribution in [-0.2, 0) is 0 Å². The molecule has 3 heteroatoms. The Bertz CT molecular complexity index is 290. The number of ether oxygens (including phenoxy) is 1. The Morgan fingerprint density at radius 1 is 1.36 bits per heavy atom. The van der Waals surface area contributed by atoms with Gasteiger partial charge in [0.05, 0.1) is 0 Å². The van der Waals surface area contributed by atoms with E-state index in [9.17, 15) is 0 Å². The van der Waals surface area contributed by atoms with Crippen LogP contribution in [-0.4, -0.2) is 19.2 Å². The number of nitrogens with one attached hydrogen (secondary N) is 1. The zero-order chi connectivity index (χ0) is 10.6. The van der Waals surface area contributed by atoms with Gasteiger partial charge in [-0.1, -0.05) is 17.7 Å². The molecule has 1 N–H and O–H groups in total. The molecule has 0 amide bonds. The normalized spacial score (nSPS) is 14.9. The van der Waals surface area contributed by atoms with E-state index < -0.39 is 0 Å². The van der Waals surface area contributed by atoms with Gasteiger partial charge in [0.1, 0.15) is 11.9 Å². The second kappa shape index (κ2) is 5.23. The lowest BCUT2D eigenvalue weighted by Gasteiger charge is -2.20. The van der Waals surface area contributed by atoms with Crippen LogP contribution < -0.4 is 10.1 Å². The maximum Gasteiger partial charge on any atom is 0.121 e. The molecule has 1 aromatic carbocycles. The standard InChI is InChI=1S/C11H16ClNO/c1-8(13-3)9(2)14-11-6-4-5-10(12)7-11/h4-9,13H,1-3H3. The van der Waals surface area contributed by atoms with Gasteiger partial charge in [-0.05, 0) is 39.1 Å². The van der Waals surface area contributed by atoms with Crippen LogP contribution in [0.5, 0.6) is 5.75 Å². The molecule has 2 nitrogen and oxygen atoms in total. The summed E-state index contributed by atoms with van der Waals surface area (Å²) in [5.74, 6) is 0.812. The quantitative estimate of drug-likeness (QED) is 0.831. The highest BCUT2D eigenvalue weighted by Gasteiger charge is 2.11. The Hall–Kier alpha value is -0.730. The predicted molar refractivity (Wildman–Crippen MR) is 60.1 cm³/mol. The van der Waals surface area contributed by atoms with Crippen molar-refractivity contribution in [1.29, 1.82) is 0 Å². The summed E-state index contributed by atoms with van der Waals surface area (Å²) in [6.45, 7) is 4.11. The lowest BCUT2D eigenvalue weighted by molar-refractivity contribution is 0.182. The second-order valence-corrected chi connectivity index (χ2v) is 3.79. The van der Waals surface area contributed by atoms with Crippen LogP contribution in [0.15, 0.2) is 24.3 Å². The first kappa shape index (κ1) is 11.3. The van der Waals surface area contributed by atoms with Crippen molar-refractivity contribution in [1.82, 2.24) is 5.32 Å². The van der Waals surface area contributed by atoms with Crippen LogP contribution in [0, 0.1) is 0 Å². The number of benzene rings is 1. The largest absolute Gasteiger partial charge is 0.489 e. The van der Waals surface area contributed by atoms with Gasteiger partial charge in [0.15, 0.2) is 0 Å². The molecule has 0 bridgehead atoms. The number of likely N-dealkylation sites (N-methyl/N-ethyl adjacent to an activating group) is 1. The maximum absolute atomic E-state index is 5.85. The Labute approximate surface area is 90.2 Å². The molecule has 0 aliphatic heterocycles. The summed E-state index contributed by atoms with van der Waals surface area (Å²) in [5.41, 5.74) is 0. The highest BCUT2D eigenvalue weighted by atomic mass is 35.5. The van der Waals surface area contributed by atoms with Gasteiger partial charge < -0.3 is 10.1 Å². The zero-order valence-electron chi connectivity index (χ0n) is 8.75. The van der Waals surface area contributed by atoms with Gasteiger partial charge >= 0.3 is 0 Å². The first-order valence-corrected chi connectivity index (χ1v) is 5.10. The molecule has 2 atom stereocenters. The summed E-state index contributed by atoms with van der Waals surface area (Å²) in [6.07, 6.45) is 0.124. The minimum atomic E-state index is 0.124. The molecule has 1 rings (SSSR count). The Morgan fingerprint density at radius 3 is 2.64 bits per heavy atom. The summed E-state index contributed by atoms with van der Waals surface area (Å²) < 4.78 is 5.70. The molecule has 0 radical (unpaired) electrons. The van der Waals surface area contributed by atoms with Crippen molar-refractivity contribution in [2.45, 2.75) is 26.0 Å². The van der Waals surface area contributed by atoms with Crippen molar-refractivity contribution in [3.8, 4) is 5.75 Å². The SMILES string of the molecule is CNC(C)C(C)Oc1cccc(Cl)c1. The van der Waals surface area contributed by atoms with Crippen molar-refractivity contribution < 1.29 is 4.74 Å². The summed E-state index contributed by atoms with van der Waals surface area (Å²) in [6, 6.07) is 7.76. The van der Waals surface area contributed by atoms with Gasteiger partial charge in [-0.3, -0.25) is 0 Å². The van der Waals surface area contributed by atoms with Gasteiger partial charge in [-0.15, -0.1) is 0 Å². The van der Waals surface area contributed by atoms with Crippen molar-refractivity contribution in [2.24, 2.45) is 0 Å². The van der Waals surface area contributed by atoms with E-state index in [1.807, 2.05) is 38.2 Å². The fourth-order valence-corrected chi connectivity index (χ4v) is 1.27. The molecule has 14 heavy (non-hydrogen) atoms. The van der Waals surface area contributed by atoms with E-state index in [1.54, 1.807) is 0 Å². The molecule has 0 aromatic heterocycles. The maximum atomic E-state index is 5.85. The van der Waals surface area contributed by atoms with Crippen LogP contribution in [0.1, 0.15) is 13.8 Å². The monoisotopic (exact) mass is 213 g/mol. The van der Waals surface area contributed by atoms with E-state index in [0.717, 1.165) is 5.75 Å². The lowest BCUT2D eigenvalue weighted by atomic mass is 10.2. The average Bonchev–Trinajstić information content (AvgIpc) is 2.16. The molecule has 0 aliphatic carbocycles. The number of hydrogen-bond acceptors (Lipinski definition) is 2. The molecular weight excluding hydrogens is 198 g/mol. The molecule has 0 spiro atoms. The second-order valence-electron chi connectivity index (χ2n) is 3.36. The molecule has 78 valence electrons. The zero-order valence-corrected chi connectivity index (χ0v) is 9.51. The highest BCUT2D eigenvalue weighted by Crippen LogP contribution is 2.18. The number of rotatable bonds is 4. The topological polar surface area (TPSA) is 21.3 Å². The Morgan fingerprint density at radius 2 is 2.07 bits per heavy atom. The predicted octanol–water partition coefficient (Wildman–Crippen LogP) is 2.72. The van der Waals surface area contributed by atoms with Crippen molar-refractivity contribution in [3.05, 3.63) is 29.3 Å². The fourth-order valence-electron chi connectivity index (χ4n) is 1.09. The van der Waals surface area contributed by atoms with Crippen LogP contribution >= 0.6 is 11.6 Å². The molecule has 0 fully saturated rings. The van der Waals surface area contributed by atoms with Gasteiger partial charge in [0.25, 0.3) is 0 Å². The smallest absolute Gasteiger partial charge is 0.121 e. The third-order valence-corrected chi connectivity index (χ3v) is 2.51. The number of halogens is 1. The van der Waals surface area contributed by atoms with Crippen molar-refractivity contribution >= 4 is 11.6 Å². The van der Waals surface area contributed by atoms with E-state index in [0.29, 0.717) is 11.1 Å². The summed E-state index contributed by atoms with van der Waals surface area (Å²) in [5, 5.41) is 3.84. The van der Waals surface area contributed by atoms with E-state index in [4.69, 9.17) is 16.3 Å². The molecule has 0 aliphatic rings. The first-order valence-electron chi connectivity index (χ1n) is 4.73. The third kappa shape index (κ3) is 3.20. The van der Waals surface area contributed by atoms with Gasteiger partial charge in [0, 0.05) is 11.1 Å². The summed E-state index contributed by atoms with van der Waals surface area (Å²) >= 11 is 5.85. The van der Waals surface area contributed by atoms with E-state index in [1.165, 1.54) is 0 Å². The van der Waals surface area contributed by atoms with E-state index >= 15 is 0 Å². The average molecular weight is 214 g/mol. The molecule has 0 heterocycles. The highest BCUT2D eigenvalue weighted by molar-refractivity contribution is 6.30. The molecule has 0 saturated carbocycles. The minimum absolute atomic E-state index is 0.124. The third-order valence-electron chi connectivity index (χ3n) is 2.28. The Balaban J connectivity index is 2.60. The van der Waals surface area contributed by atoms with E-state index in [2.05, 4.69) is 12.2 Å². The van der Waals surface area contributed by atoms with Crippen molar-refractivity contribution in [3.63, 3.8) is 0 Å². The van der Waals surface area contributed by atoms with Crippen LogP contribution in [0.25, 0.3) is 0 Å². The van der Waals surface area contributed by atoms with Crippen LogP contribution in [0.2, 0.25) is 5.02 Å². The van der Waals surface area contributed by atoms with E-state index in [-0.39, 0.29) is 6.10 Å². The lowest BCUT2D eigenvalue weighted by Crippen LogP contribution is -2.36. The number of hydrogen-bond donors (Lipinski definition) is 1.